The first-order chi connectivity index (χ1) is 9.10. The molecular formula is C16H23ClFN. The predicted molar refractivity (Wildman–Crippen MR) is 79.1 cm³/mol. The van der Waals surface area contributed by atoms with E-state index in [2.05, 4.69) is 12.2 Å². The van der Waals surface area contributed by atoms with Gasteiger partial charge in [-0.15, -0.1) is 0 Å². The highest BCUT2D eigenvalue weighted by molar-refractivity contribution is 6.31. The quantitative estimate of drug-likeness (QED) is 0.862. The van der Waals surface area contributed by atoms with Crippen molar-refractivity contribution in [2.75, 3.05) is 7.05 Å². The molecule has 0 bridgehead atoms. The van der Waals surface area contributed by atoms with Crippen LogP contribution in [0.1, 0.15) is 38.2 Å². The van der Waals surface area contributed by atoms with Gasteiger partial charge in [-0.2, -0.15) is 0 Å². The zero-order valence-electron chi connectivity index (χ0n) is 11.8. The van der Waals surface area contributed by atoms with Gasteiger partial charge in [-0.3, -0.25) is 0 Å². The first kappa shape index (κ1) is 14.8. The summed E-state index contributed by atoms with van der Waals surface area (Å²) in [5.41, 5.74) is 1.04. The zero-order valence-corrected chi connectivity index (χ0v) is 12.5. The Kier molecular flexibility index (Phi) is 5.23. The minimum absolute atomic E-state index is 0.263. The molecule has 1 nitrogen and oxygen atoms in total. The molecule has 0 heterocycles. The lowest BCUT2D eigenvalue weighted by Gasteiger charge is -2.33. The molecule has 1 fully saturated rings. The number of rotatable bonds is 4. The minimum Gasteiger partial charge on any atom is -0.316 e. The third kappa shape index (κ3) is 3.93. The largest absolute Gasteiger partial charge is 0.316 e. The Morgan fingerprint density at radius 2 is 2.21 bits per heavy atom. The molecule has 1 saturated carbocycles. The smallest absolute Gasteiger partial charge is 0.124 e. The molecule has 106 valence electrons. The molecule has 3 atom stereocenters. The van der Waals surface area contributed by atoms with Crippen LogP contribution in [0.2, 0.25) is 5.02 Å². The SMILES string of the molecule is CNC(Cc1ccc(F)cc1Cl)C1CCCC(C)C1. The monoisotopic (exact) mass is 283 g/mol. The lowest BCUT2D eigenvalue weighted by atomic mass is 9.77. The molecule has 0 aromatic heterocycles. The van der Waals surface area contributed by atoms with Crippen molar-refractivity contribution in [1.82, 2.24) is 5.32 Å². The fourth-order valence-corrected chi connectivity index (χ4v) is 3.52. The van der Waals surface area contributed by atoms with Gasteiger partial charge in [0, 0.05) is 11.1 Å². The van der Waals surface area contributed by atoms with Gasteiger partial charge < -0.3 is 5.32 Å². The van der Waals surface area contributed by atoms with Crippen LogP contribution in [0.15, 0.2) is 18.2 Å². The minimum atomic E-state index is -0.263. The van der Waals surface area contributed by atoms with E-state index < -0.39 is 0 Å². The number of nitrogens with one attached hydrogen (secondary N) is 1. The van der Waals surface area contributed by atoms with Crippen LogP contribution < -0.4 is 5.32 Å². The molecular weight excluding hydrogens is 261 g/mol. The molecule has 1 aliphatic carbocycles. The van der Waals surface area contributed by atoms with Crippen LogP contribution in [0.3, 0.4) is 0 Å². The summed E-state index contributed by atoms with van der Waals surface area (Å²) in [4.78, 5) is 0. The predicted octanol–water partition coefficient (Wildman–Crippen LogP) is 4.44. The van der Waals surface area contributed by atoms with Crippen LogP contribution in [0.25, 0.3) is 0 Å². The van der Waals surface area contributed by atoms with Gasteiger partial charge in [-0.1, -0.05) is 37.4 Å². The number of hydrogen-bond donors (Lipinski definition) is 1. The van der Waals surface area contributed by atoms with Gasteiger partial charge in [0.15, 0.2) is 0 Å². The summed E-state index contributed by atoms with van der Waals surface area (Å²) in [5, 5.41) is 3.98. The molecule has 0 spiro atoms. The van der Waals surface area contributed by atoms with Crippen molar-refractivity contribution in [2.45, 2.75) is 45.1 Å². The second kappa shape index (κ2) is 6.71. The first-order valence-electron chi connectivity index (χ1n) is 7.21. The van der Waals surface area contributed by atoms with Crippen LogP contribution >= 0.6 is 11.6 Å². The number of halogens is 2. The number of likely N-dealkylation sites (N-methyl/N-ethyl adjacent to an activating group) is 1. The van der Waals surface area contributed by atoms with E-state index in [0.717, 1.165) is 17.9 Å². The summed E-state index contributed by atoms with van der Waals surface area (Å²) in [6.45, 7) is 2.34. The second-order valence-electron chi connectivity index (χ2n) is 5.87. The number of hydrogen-bond acceptors (Lipinski definition) is 1. The van der Waals surface area contributed by atoms with Gasteiger partial charge >= 0.3 is 0 Å². The maximum atomic E-state index is 13.1. The zero-order chi connectivity index (χ0) is 13.8. The molecule has 2 rings (SSSR count). The molecule has 1 aromatic rings. The van der Waals surface area contributed by atoms with Gasteiger partial charge in [-0.25, -0.2) is 4.39 Å². The standard InChI is InChI=1S/C16H23ClFN/c1-11-4-3-5-13(8-11)16(19-2)9-12-6-7-14(18)10-15(12)17/h6-7,10-11,13,16,19H,3-5,8-9H2,1-2H3. The molecule has 1 aliphatic rings. The maximum Gasteiger partial charge on any atom is 0.124 e. The fourth-order valence-electron chi connectivity index (χ4n) is 3.28. The third-order valence-corrected chi connectivity index (χ3v) is 4.72. The third-order valence-electron chi connectivity index (χ3n) is 4.37. The molecule has 1 aromatic carbocycles. The Morgan fingerprint density at radius 3 is 2.84 bits per heavy atom. The Hall–Kier alpha value is -0.600. The van der Waals surface area contributed by atoms with Gasteiger partial charge in [0.1, 0.15) is 5.82 Å². The fraction of sp³-hybridized carbons (Fsp3) is 0.625. The highest BCUT2D eigenvalue weighted by atomic mass is 35.5. The lowest BCUT2D eigenvalue weighted by molar-refractivity contribution is 0.227. The summed E-state index contributed by atoms with van der Waals surface area (Å²) >= 11 is 6.13. The lowest BCUT2D eigenvalue weighted by Crippen LogP contribution is -2.38. The first-order valence-corrected chi connectivity index (χ1v) is 7.59. The summed E-state index contributed by atoms with van der Waals surface area (Å²) in [6, 6.07) is 5.16. The van der Waals surface area contributed by atoms with E-state index in [9.17, 15) is 4.39 Å². The van der Waals surface area contributed by atoms with Crippen molar-refractivity contribution in [3.63, 3.8) is 0 Å². The van der Waals surface area contributed by atoms with Crippen LogP contribution in [0, 0.1) is 17.7 Å². The summed E-state index contributed by atoms with van der Waals surface area (Å²) in [7, 11) is 2.02. The molecule has 1 N–H and O–H groups in total. The molecule has 0 radical (unpaired) electrons. The van der Waals surface area contributed by atoms with Crippen molar-refractivity contribution in [2.24, 2.45) is 11.8 Å². The van der Waals surface area contributed by atoms with E-state index in [0.29, 0.717) is 17.0 Å². The molecule has 0 saturated heterocycles. The van der Waals surface area contributed by atoms with E-state index in [1.54, 1.807) is 0 Å². The Morgan fingerprint density at radius 1 is 1.42 bits per heavy atom. The Bertz CT molecular complexity index is 421. The second-order valence-corrected chi connectivity index (χ2v) is 6.27. The van der Waals surface area contributed by atoms with Crippen LogP contribution in [0.4, 0.5) is 4.39 Å². The number of benzene rings is 1. The van der Waals surface area contributed by atoms with Gasteiger partial charge in [0.05, 0.1) is 0 Å². The summed E-state index contributed by atoms with van der Waals surface area (Å²) < 4.78 is 13.1. The van der Waals surface area contributed by atoms with Crippen molar-refractivity contribution in [3.8, 4) is 0 Å². The highest BCUT2D eigenvalue weighted by Gasteiger charge is 2.26. The van der Waals surface area contributed by atoms with Gasteiger partial charge in [0.2, 0.25) is 0 Å². The van der Waals surface area contributed by atoms with Crippen LogP contribution in [-0.2, 0) is 6.42 Å². The van der Waals surface area contributed by atoms with Crippen molar-refractivity contribution < 1.29 is 4.39 Å². The van der Waals surface area contributed by atoms with E-state index in [1.165, 1.54) is 37.8 Å². The maximum absolute atomic E-state index is 13.1. The highest BCUT2D eigenvalue weighted by Crippen LogP contribution is 2.32. The van der Waals surface area contributed by atoms with Gasteiger partial charge in [-0.05, 0) is 55.8 Å². The average molecular weight is 284 g/mol. The van der Waals surface area contributed by atoms with Crippen LogP contribution in [0.5, 0.6) is 0 Å². The van der Waals surface area contributed by atoms with Crippen molar-refractivity contribution >= 4 is 11.6 Å². The van der Waals surface area contributed by atoms with E-state index in [1.807, 2.05) is 13.1 Å². The summed E-state index contributed by atoms with van der Waals surface area (Å²) in [5.74, 6) is 1.26. The van der Waals surface area contributed by atoms with E-state index in [-0.39, 0.29) is 5.82 Å². The average Bonchev–Trinajstić information content (AvgIpc) is 2.38. The molecule has 3 unspecified atom stereocenters. The molecule has 0 amide bonds. The van der Waals surface area contributed by atoms with Crippen molar-refractivity contribution in [3.05, 3.63) is 34.6 Å². The van der Waals surface area contributed by atoms with E-state index in [4.69, 9.17) is 11.6 Å². The van der Waals surface area contributed by atoms with Crippen LogP contribution in [-0.4, -0.2) is 13.1 Å². The summed E-state index contributed by atoms with van der Waals surface area (Å²) in [6.07, 6.45) is 6.12. The topological polar surface area (TPSA) is 12.0 Å². The Labute approximate surface area is 120 Å². The normalized spacial score (nSPS) is 25.3. The Balaban J connectivity index is 2.05. The molecule has 3 heteroatoms. The van der Waals surface area contributed by atoms with Crippen molar-refractivity contribution in [1.29, 1.82) is 0 Å². The van der Waals surface area contributed by atoms with Gasteiger partial charge in [0.25, 0.3) is 0 Å². The molecule has 19 heavy (non-hydrogen) atoms. The van der Waals surface area contributed by atoms with E-state index >= 15 is 0 Å². The molecule has 0 aliphatic heterocycles.